The standard InChI is InChI=1S/C14H12FNO3/c15-14-7-13(18-9-11-8-16-19-10-11)5-4-12(14)3-1-2-6-17/h4-5,7-8,10,17H,2,6,9H2. The third kappa shape index (κ3) is 3.83. The van der Waals surface area contributed by atoms with Gasteiger partial charge in [0, 0.05) is 18.1 Å². The molecular weight excluding hydrogens is 249 g/mol. The average molecular weight is 261 g/mol. The van der Waals surface area contributed by atoms with Crippen molar-refractivity contribution in [3.05, 3.63) is 47.6 Å². The van der Waals surface area contributed by atoms with Crippen LogP contribution >= 0.6 is 0 Å². The Hall–Kier alpha value is -2.32. The van der Waals surface area contributed by atoms with Crippen molar-refractivity contribution in [1.29, 1.82) is 0 Å². The van der Waals surface area contributed by atoms with Gasteiger partial charge < -0.3 is 14.4 Å². The van der Waals surface area contributed by atoms with Crippen molar-refractivity contribution in [1.82, 2.24) is 5.16 Å². The van der Waals surface area contributed by atoms with Gasteiger partial charge in [-0.25, -0.2) is 4.39 Å². The number of benzene rings is 1. The molecule has 0 radical (unpaired) electrons. The summed E-state index contributed by atoms with van der Waals surface area (Å²) in [5, 5.41) is 12.1. The van der Waals surface area contributed by atoms with Crippen LogP contribution in [0.15, 0.2) is 35.2 Å². The van der Waals surface area contributed by atoms with Gasteiger partial charge >= 0.3 is 0 Å². The molecule has 4 nitrogen and oxygen atoms in total. The lowest BCUT2D eigenvalue weighted by Crippen LogP contribution is -1.95. The van der Waals surface area contributed by atoms with E-state index < -0.39 is 5.82 Å². The summed E-state index contributed by atoms with van der Waals surface area (Å²) in [6.07, 6.45) is 3.32. The van der Waals surface area contributed by atoms with Gasteiger partial charge in [0.1, 0.15) is 24.4 Å². The maximum Gasteiger partial charge on any atom is 0.142 e. The molecule has 1 N–H and O–H groups in total. The molecule has 98 valence electrons. The number of aliphatic hydroxyl groups excluding tert-OH is 1. The highest BCUT2D eigenvalue weighted by Crippen LogP contribution is 2.17. The monoisotopic (exact) mass is 261 g/mol. The Morgan fingerprint density at radius 3 is 3.00 bits per heavy atom. The molecule has 1 aromatic carbocycles. The highest BCUT2D eigenvalue weighted by Gasteiger charge is 2.03. The fourth-order valence-electron chi connectivity index (χ4n) is 1.37. The molecule has 2 aromatic rings. The quantitative estimate of drug-likeness (QED) is 0.856. The molecule has 19 heavy (non-hydrogen) atoms. The van der Waals surface area contributed by atoms with E-state index in [-0.39, 0.29) is 18.8 Å². The van der Waals surface area contributed by atoms with Crippen molar-refractivity contribution in [2.45, 2.75) is 13.0 Å². The summed E-state index contributed by atoms with van der Waals surface area (Å²) in [4.78, 5) is 0. The molecule has 2 rings (SSSR count). The van der Waals surface area contributed by atoms with Gasteiger partial charge in [0.15, 0.2) is 0 Å². The van der Waals surface area contributed by atoms with Crippen molar-refractivity contribution in [3.8, 4) is 17.6 Å². The Bertz CT molecular complexity index is 584. The summed E-state index contributed by atoms with van der Waals surface area (Å²) >= 11 is 0. The molecule has 0 bridgehead atoms. The predicted octanol–water partition coefficient (Wildman–Crippen LogP) is 2.13. The highest BCUT2D eigenvalue weighted by molar-refractivity contribution is 5.39. The maximum atomic E-state index is 13.7. The van der Waals surface area contributed by atoms with E-state index in [9.17, 15) is 4.39 Å². The second-order valence-electron chi connectivity index (χ2n) is 3.74. The molecule has 5 heteroatoms. The van der Waals surface area contributed by atoms with E-state index in [1.807, 2.05) is 0 Å². The van der Waals surface area contributed by atoms with Crippen LogP contribution in [0.5, 0.6) is 5.75 Å². The fourth-order valence-corrected chi connectivity index (χ4v) is 1.37. The topological polar surface area (TPSA) is 55.5 Å². The molecular formula is C14H12FNO3. The smallest absolute Gasteiger partial charge is 0.142 e. The van der Waals surface area contributed by atoms with E-state index in [0.717, 1.165) is 5.56 Å². The first kappa shape index (κ1) is 13.1. The predicted molar refractivity (Wildman–Crippen MR) is 65.8 cm³/mol. The molecule has 0 unspecified atom stereocenters. The molecule has 1 aromatic heterocycles. The van der Waals surface area contributed by atoms with Crippen molar-refractivity contribution in [2.24, 2.45) is 0 Å². The number of ether oxygens (including phenoxy) is 1. The molecule has 0 amide bonds. The van der Waals surface area contributed by atoms with Crippen LogP contribution in [0.1, 0.15) is 17.5 Å². The second-order valence-corrected chi connectivity index (χ2v) is 3.74. The lowest BCUT2D eigenvalue weighted by atomic mass is 10.2. The minimum atomic E-state index is -0.451. The minimum absolute atomic E-state index is 0.0332. The van der Waals surface area contributed by atoms with Crippen LogP contribution in [0.3, 0.4) is 0 Å². The van der Waals surface area contributed by atoms with Crippen LogP contribution in [0, 0.1) is 17.7 Å². The first-order chi connectivity index (χ1) is 9.29. The van der Waals surface area contributed by atoms with Gasteiger partial charge in [-0.05, 0) is 12.1 Å². The summed E-state index contributed by atoms with van der Waals surface area (Å²) in [5.41, 5.74) is 1.05. The van der Waals surface area contributed by atoms with E-state index in [1.54, 1.807) is 12.1 Å². The Labute approximate surface area is 109 Å². The first-order valence-corrected chi connectivity index (χ1v) is 5.70. The van der Waals surface area contributed by atoms with Gasteiger partial charge in [0.25, 0.3) is 0 Å². The van der Waals surface area contributed by atoms with Gasteiger partial charge in [0.2, 0.25) is 0 Å². The normalized spacial score (nSPS) is 9.79. The summed E-state index contributed by atoms with van der Waals surface area (Å²) in [5.74, 6) is 5.27. The van der Waals surface area contributed by atoms with Gasteiger partial charge in [0.05, 0.1) is 18.4 Å². The molecule has 0 aliphatic heterocycles. The van der Waals surface area contributed by atoms with E-state index in [4.69, 9.17) is 9.84 Å². The van der Waals surface area contributed by atoms with Crippen LogP contribution < -0.4 is 4.74 Å². The van der Waals surface area contributed by atoms with Gasteiger partial charge in [-0.2, -0.15) is 0 Å². The number of nitrogens with zero attached hydrogens (tertiary/aromatic N) is 1. The average Bonchev–Trinajstić information content (AvgIpc) is 2.92. The maximum absolute atomic E-state index is 13.7. The summed E-state index contributed by atoms with van der Waals surface area (Å²) in [7, 11) is 0. The first-order valence-electron chi connectivity index (χ1n) is 5.70. The summed E-state index contributed by atoms with van der Waals surface area (Å²) in [6.45, 7) is 0.229. The summed E-state index contributed by atoms with van der Waals surface area (Å²) in [6, 6.07) is 4.46. The van der Waals surface area contributed by atoms with Crippen LogP contribution in [-0.4, -0.2) is 16.9 Å². The number of hydrogen-bond acceptors (Lipinski definition) is 4. The van der Waals surface area contributed by atoms with Crippen molar-refractivity contribution >= 4 is 0 Å². The van der Waals surface area contributed by atoms with Crippen molar-refractivity contribution in [3.63, 3.8) is 0 Å². The number of aliphatic hydroxyl groups is 1. The lowest BCUT2D eigenvalue weighted by Gasteiger charge is -2.04. The third-order valence-electron chi connectivity index (χ3n) is 2.29. The molecule has 0 aliphatic rings. The van der Waals surface area contributed by atoms with Crippen molar-refractivity contribution < 1.29 is 18.8 Å². The number of aromatic nitrogens is 1. The number of halogens is 1. The van der Waals surface area contributed by atoms with Crippen molar-refractivity contribution in [2.75, 3.05) is 6.61 Å². The minimum Gasteiger partial charge on any atom is -0.489 e. The molecule has 0 saturated carbocycles. The molecule has 0 saturated heterocycles. The fraction of sp³-hybridized carbons (Fsp3) is 0.214. The van der Waals surface area contributed by atoms with E-state index in [1.165, 1.54) is 18.5 Å². The Morgan fingerprint density at radius 2 is 2.32 bits per heavy atom. The van der Waals surface area contributed by atoms with Crippen LogP contribution in [0.2, 0.25) is 0 Å². The summed E-state index contributed by atoms with van der Waals surface area (Å²) < 4.78 is 23.7. The highest BCUT2D eigenvalue weighted by atomic mass is 19.1. The van der Waals surface area contributed by atoms with E-state index in [0.29, 0.717) is 12.2 Å². The Balaban J connectivity index is 2.00. The number of rotatable bonds is 4. The Kier molecular flexibility index (Phi) is 4.54. The molecule has 0 fully saturated rings. The zero-order valence-corrected chi connectivity index (χ0v) is 10.1. The molecule has 1 heterocycles. The van der Waals surface area contributed by atoms with Crippen LogP contribution in [0.25, 0.3) is 0 Å². The lowest BCUT2D eigenvalue weighted by molar-refractivity contribution is 0.302. The van der Waals surface area contributed by atoms with E-state index in [2.05, 4.69) is 21.5 Å². The Morgan fingerprint density at radius 1 is 1.42 bits per heavy atom. The largest absolute Gasteiger partial charge is 0.489 e. The van der Waals surface area contributed by atoms with Crippen LogP contribution in [0.4, 0.5) is 4.39 Å². The van der Waals surface area contributed by atoms with Gasteiger partial charge in [-0.15, -0.1) is 0 Å². The molecule has 0 aliphatic carbocycles. The zero-order chi connectivity index (χ0) is 13.5. The molecule has 0 atom stereocenters. The second kappa shape index (κ2) is 6.57. The van der Waals surface area contributed by atoms with Gasteiger partial charge in [-0.1, -0.05) is 17.0 Å². The SMILES string of the molecule is OCCC#Cc1ccc(OCc2cnoc2)cc1F. The zero-order valence-electron chi connectivity index (χ0n) is 10.1. The van der Waals surface area contributed by atoms with E-state index >= 15 is 0 Å². The van der Waals surface area contributed by atoms with Gasteiger partial charge in [-0.3, -0.25) is 0 Å². The van der Waals surface area contributed by atoms with Crippen LogP contribution in [-0.2, 0) is 6.61 Å². The number of hydrogen-bond donors (Lipinski definition) is 1. The molecule has 0 spiro atoms. The third-order valence-corrected chi connectivity index (χ3v) is 2.29.